The number of carbonyl (C=O) groups excluding carboxylic acids is 1. The van der Waals surface area contributed by atoms with Crippen LogP contribution in [-0.4, -0.2) is 20.1 Å². The molecule has 0 atom stereocenters. The summed E-state index contributed by atoms with van der Waals surface area (Å²) in [5.41, 5.74) is -0.567. The minimum atomic E-state index is -1.86. The number of hydrogen-bond acceptors (Lipinski definition) is 4. The maximum absolute atomic E-state index is 11.6. The van der Waals surface area contributed by atoms with Crippen molar-refractivity contribution < 1.29 is 18.7 Å². The third-order valence-corrected chi connectivity index (χ3v) is 7.95. The Morgan fingerprint density at radius 2 is 1.36 bits per heavy atom. The highest BCUT2D eigenvalue weighted by atomic mass is 28.4. The van der Waals surface area contributed by atoms with Gasteiger partial charge in [0.1, 0.15) is 17.1 Å². The van der Waals surface area contributed by atoms with Crippen LogP contribution in [0.1, 0.15) is 41.5 Å². The van der Waals surface area contributed by atoms with E-state index in [1.165, 1.54) is 0 Å². The van der Waals surface area contributed by atoms with Gasteiger partial charge in [-0.3, -0.25) is 0 Å². The van der Waals surface area contributed by atoms with E-state index in [4.69, 9.17) is 13.9 Å². The standard InChI is InChI=1S/C17H28O4Si/c1-16(2,3)20-15(18)19-13-9-11-14(12-10-13)21-22(7,8)17(4,5)6/h9-12H,1-8H3. The van der Waals surface area contributed by atoms with Crippen molar-refractivity contribution in [2.75, 3.05) is 0 Å². The lowest BCUT2D eigenvalue weighted by molar-refractivity contribution is 0.0206. The second-order valence-corrected chi connectivity index (χ2v) is 12.6. The van der Waals surface area contributed by atoms with Gasteiger partial charge in [-0.05, 0) is 63.2 Å². The van der Waals surface area contributed by atoms with E-state index in [1.807, 2.05) is 12.1 Å². The van der Waals surface area contributed by atoms with Crippen LogP contribution in [0.25, 0.3) is 0 Å². The van der Waals surface area contributed by atoms with E-state index >= 15 is 0 Å². The van der Waals surface area contributed by atoms with Gasteiger partial charge in [0.2, 0.25) is 8.32 Å². The van der Waals surface area contributed by atoms with Crippen LogP contribution in [-0.2, 0) is 4.74 Å². The van der Waals surface area contributed by atoms with Crippen molar-refractivity contribution in [1.82, 2.24) is 0 Å². The fourth-order valence-electron chi connectivity index (χ4n) is 1.39. The molecule has 0 fully saturated rings. The average Bonchev–Trinajstić information content (AvgIpc) is 2.27. The molecule has 124 valence electrons. The maximum Gasteiger partial charge on any atom is 0.514 e. The van der Waals surface area contributed by atoms with Crippen molar-refractivity contribution in [3.05, 3.63) is 24.3 Å². The average molecular weight is 324 g/mol. The van der Waals surface area contributed by atoms with E-state index in [-0.39, 0.29) is 5.04 Å². The third-order valence-electron chi connectivity index (χ3n) is 3.59. The van der Waals surface area contributed by atoms with Crippen molar-refractivity contribution in [3.63, 3.8) is 0 Å². The first-order valence-electron chi connectivity index (χ1n) is 7.50. The fraction of sp³-hybridized carbons (Fsp3) is 0.588. The van der Waals surface area contributed by atoms with E-state index in [1.54, 1.807) is 32.9 Å². The monoisotopic (exact) mass is 324 g/mol. The van der Waals surface area contributed by atoms with E-state index in [0.717, 1.165) is 5.75 Å². The molecular weight excluding hydrogens is 296 g/mol. The molecule has 0 N–H and O–H groups in total. The van der Waals surface area contributed by atoms with Gasteiger partial charge < -0.3 is 13.9 Å². The zero-order chi connectivity index (χ0) is 17.2. The van der Waals surface area contributed by atoms with Crippen molar-refractivity contribution in [1.29, 1.82) is 0 Å². The van der Waals surface area contributed by atoms with Crippen molar-refractivity contribution >= 4 is 14.5 Å². The van der Waals surface area contributed by atoms with Gasteiger partial charge in [-0.2, -0.15) is 0 Å². The van der Waals surface area contributed by atoms with Gasteiger partial charge in [0, 0.05) is 0 Å². The Labute approximate surface area is 134 Å². The summed E-state index contributed by atoms with van der Waals surface area (Å²) in [5, 5.41) is 0.138. The summed E-state index contributed by atoms with van der Waals surface area (Å²) in [6, 6.07) is 7.07. The van der Waals surface area contributed by atoms with Crippen molar-refractivity contribution in [2.45, 2.75) is 65.3 Å². The fourth-order valence-corrected chi connectivity index (χ4v) is 2.42. The second-order valence-electron chi connectivity index (χ2n) is 7.90. The predicted octanol–water partition coefficient (Wildman–Crippen LogP) is 5.38. The molecule has 0 aromatic heterocycles. The molecule has 5 heteroatoms. The number of hydrogen-bond donors (Lipinski definition) is 0. The molecule has 1 aromatic rings. The van der Waals surface area contributed by atoms with Crippen LogP contribution >= 0.6 is 0 Å². The Bertz CT molecular complexity index is 507. The molecule has 4 nitrogen and oxygen atoms in total. The molecule has 0 saturated carbocycles. The summed E-state index contributed by atoms with van der Waals surface area (Å²) < 4.78 is 16.4. The van der Waals surface area contributed by atoms with Crippen LogP contribution in [0.15, 0.2) is 24.3 Å². The summed E-state index contributed by atoms with van der Waals surface area (Å²) in [7, 11) is -1.86. The molecule has 0 aliphatic carbocycles. The van der Waals surface area contributed by atoms with Crippen LogP contribution in [0, 0.1) is 0 Å². The van der Waals surface area contributed by atoms with Crippen molar-refractivity contribution in [2.24, 2.45) is 0 Å². The SMILES string of the molecule is CC(C)(C)OC(=O)Oc1ccc(O[Si](C)(C)C(C)(C)C)cc1. The first-order valence-corrected chi connectivity index (χ1v) is 10.4. The minimum absolute atomic E-state index is 0.138. The smallest absolute Gasteiger partial charge is 0.514 e. The van der Waals surface area contributed by atoms with Gasteiger partial charge in [-0.1, -0.05) is 20.8 Å². The normalized spacial score (nSPS) is 12.7. The maximum atomic E-state index is 11.6. The van der Waals surface area contributed by atoms with Gasteiger partial charge in [0.25, 0.3) is 0 Å². The molecule has 0 unspecified atom stereocenters. The summed E-state index contributed by atoms with van der Waals surface area (Å²) in [4.78, 5) is 11.6. The zero-order valence-electron chi connectivity index (χ0n) is 14.9. The highest BCUT2D eigenvalue weighted by Gasteiger charge is 2.38. The Kier molecular flexibility index (Phi) is 5.33. The van der Waals surface area contributed by atoms with E-state index < -0.39 is 20.1 Å². The number of rotatable bonds is 3. The predicted molar refractivity (Wildman–Crippen MR) is 91.1 cm³/mol. The lowest BCUT2D eigenvalue weighted by atomic mass is 10.2. The minimum Gasteiger partial charge on any atom is -0.543 e. The zero-order valence-corrected chi connectivity index (χ0v) is 15.9. The molecular formula is C17H28O4Si. The highest BCUT2D eigenvalue weighted by Crippen LogP contribution is 2.37. The Hall–Kier alpha value is -1.49. The van der Waals surface area contributed by atoms with Gasteiger partial charge >= 0.3 is 6.16 Å². The van der Waals surface area contributed by atoms with E-state index in [9.17, 15) is 4.79 Å². The third kappa shape index (κ3) is 5.71. The highest BCUT2D eigenvalue weighted by molar-refractivity contribution is 6.74. The lowest BCUT2D eigenvalue weighted by Crippen LogP contribution is -2.43. The molecule has 0 amide bonds. The largest absolute Gasteiger partial charge is 0.543 e. The van der Waals surface area contributed by atoms with Gasteiger partial charge in [0.15, 0.2) is 0 Å². The Balaban J connectivity index is 2.70. The molecule has 0 heterocycles. The Morgan fingerprint density at radius 3 is 1.77 bits per heavy atom. The van der Waals surface area contributed by atoms with Crippen molar-refractivity contribution in [3.8, 4) is 11.5 Å². The Morgan fingerprint density at radius 1 is 0.909 bits per heavy atom. The van der Waals surface area contributed by atoms with Crippen LogP contribution < -0.4 is 9.16 Å². The number of ether oxygens (including phenoxy) is 2. The van der Waals surface area contributed by atoms with Crippen LogP contribution in [0.2, 0.25) is 18.1 Å². The molecule has 0 bridgehead atoms. The van der Waals surface area contributed by atoms with Crippen LogP contribution in [0.3, 0.4) is 0 Å². The van der Waals surface area contributed by atoms with Gasteiger partial charge in [-0.15, -0.1) is 0 Å². The molecule has 0 aliphatic heterocycles. The summed E-state index contributed by atoms with van der Waals surface area (Å²) in [6.07, 6.45) is -0.703. The first-order chi connectivity index (χ1) is 9.80. The summed E-state index contributed by atoms with van der Waals surface area (Å²) in [6.45, 7) is 16.4. The quantitative estimate of drug-likeness (QED) is 0.425. The lowest BCUT2D eigenvalue weighted by Gasteiger charge is -2.36. The molecule has 22 heavy (non-hydrogen) atoms. The van der Waals surface area contributed by atoms with Crippen LogP contribution in [0.4, 0.5) is 4.79 Å². The molecule has 0 aliphatic rings. The molecule has 0 radical (unpaired) electrons. The molecule has 0 saturated heterocycles. The summed E-state index contributed by atoms with van der Waals surface area (Å²) in [5.74, 6) is 1.24. The summed E-state index contributed by atoms with van der Waals surface area (Å²) >= 11 is 0. The second kappa shape index (κ2) is 6.32. The topological polar surface area (TPSA) is 44.8 Å². The first kappa shape index (κ1) is 18.6. The van der Waals surface area contributed by atoms with E-state index in [0.29, 0.717) is 5.75 Å². The van der Waals surface area contributed by atoms with Gasteiger partial charge in [-0.25, -0.2) is 4.79 Å². The molecule has 1 aromatic carbocycles. The number of carbonyl (C=O) groups is 1. The molecule has 1 rings (SSSR count). The number of benzene rings is 1. The van der Waals surface area contributed by atoms with E-state index in [2.05, 4.69) is 33.9 Å². The van der Waals surface area contributed by atoms with Crippen LogP contribution in [0.5, 0.6) is 11.5 Å². The molecule has 0 spiro atoms. The van der Waals surface area contributed by atoms with Gasteiger partial charge in [0.05, 0.1) is 0 Å².